The molecule has 0 atom stereocenters. The Hall–Kier alpha value is -4.14. The highest BCUT2D eigenvalue weighted by atomic mass is 35.5. The predicted octanol–water partition coefficient (Wildman–Crippen LogP) is 2.17. The number of carbonyl (C=O) groups excluding carboxylic acids is 3. The first-order chi connectivity index (χ1) is 22.7. The monoisotopic (exact) mass is 667 g/mol. The molecule has 2 aliphatic rings. The molecule has 47 heavy (non-hydrogen) atoms. The van der Waals surface area contributed by atoms with Crippen molar-refractivity contribution in [3.8, 4) is 0 Å². The highest BCUT2D eigenvalue weighted by Crippen LogP contribution is 2.32. The highest BCUT2D eigenvalue weighted by molar-refractivity contribution is 6.27. The zero-order valence-corrected chi connectivity index (χ0v) is 27.6. The van der Waals surface area contributed by atoms with E-state index in [1.54, 1.807) is 23.9 Å². The Morgan fingerprint density at radius 1 is 0.979 bits per heavy atom. The number of aryl methyl sites for hydroxylation is 1. The molecule has 3 aromatic heterocycles. The van der Waals surface area contributed by atoms with Gasteiger partial charge in [0.15, 0.2) is 5.78 Å². The van der Waals surface area contributed by atoms with Crippen LogP contribution >= 0.6 is 11.6 Å². The van der Waals surface area contributed by atoms with Crippen molar-refractivity contribution in [2.75, 3.05) is 75.1 Å². The number of hydrogen-bond donors (Lipinski definition) is 3. The first-order valence-electron chi connectivity index (χ1n) is 16.1. The first-order valence-corrected chi connectivity index (χ1v) is 16.6. The summed E-state index contributed by atoms with van der Waals surface area (Å²) in [5.41, 5.74) is 2.04. The zero-order chi connectivity index (χ0) is 33.3. The van der Waals surface area contributed by atoms with E-state index in [-0.39, 0.29) is 40.6 Å². The van der Waals surface area contributed by atoms with Gasteiger partial charge in [-0.15, -0.1) is 11.6 Å². The molecular formula is C32H42ClN9O5. The average Bonchev–Trinajstić information content (AvgIpc) is 3.59. The average molecular weight is 668 g/mol. The minimum Gasteiger partial charge on any atom is -0.378 e. The molecule has 0 radical (unpaired) electrons. The number of piperazine rings is 1. The van der Waals surface area contributed by atoms with Gasteiger partial charge >= 0.3 is 0 Å². The molecule has 0 aromatic carbocycles. The maximum absolute atomic E-state index is 13.5. The third kappa shape index (κ3) is 8.62. The fourth-order valence-electron chi connectivity index (χ4n) is 6.17. The summed E-state index contributed by atoms with van der Waals surface area (Å²) < 4.78 is 7.10. The second kappa shape index (κ2) is 16.1. The lowest BCUT2D eigenvalue weighted by atomic mass is 10.0. The maximum Gasteiger partial charge on any atom is 0.263 e. The number of Topliss-reactive ketones (excluding diaryl/α,β-unsaturated/α-hetero) is 1. The van der Waals surface area contributed by atoms with Crippen LogP contribution in [0.15, 0.2) is 29.3 Å². The van der Waals surface area contributed by atoms with Crippen LogP contribution in [0.5, 0.6) is 0 Å². The SMILES string of the molecule is CC(=O)c1c(C)c2cnc(Nc3ccc(N4CCN(CC(=O)NCCOCCNC(=O)CCl)CC4)cn3)nc2n(C2CCCC2)c1=O. The van der Waals surface area contributed by atoms with Crippen molar-refractivity contribution in [2.45, 2.75) is 45.6 Å². The summed E-state index contributed by atoms with van der Waals surface area (Å²) in [6.07, 6.45) is 7.30. The molecule has 252 valence electrons. The fraction of sp³-hybridized carbons (Fsp3) is 0.531. The number of anilines is 3. The van der Waals surface area contributed by atoms with Crippen LogP contribution in [0.1, 0.15) is 54.6 Å². The first kappa shape index (κ1) is 34.2. The largest absolute Gasteiger partial charge is 0.378 e. The number of rotatable bonds is 14. The number of pyridine rings is 2. The molecule has 0 spiro atoms. The Morgan fingerprint density at radius 3 is 2.32 bits per heavy atom. The van der Waals surface area contributed by atoms with E-state index in [2.05, 4.69) is 35.7 Å². The molecule has 0 unspecified atom stereocenters. The molecule has 1 aliphatic heterocycles. The summed E-state index contributed by atoms with van der Waals surface area (Å²) in [7, 11) is 0. The van der Waals surface area contributed by atoms with Crippen molar-refractivity contribution >= 4 is 57.7 Å². The Labute approximate surface area is 278 Å². The molecule has 4 heterocycles. The van der Waals surface area contributed by atoms with E-state index in [1.807, 2.05) is 12.1 Å². The van der Waals surface area contributed by atoms with Crippen molar-refractivity contribution in [3.05, 3.63) is 46.0 Å². The van der Waals surface area contributed by atoms with Gasteiger partial charge in [-0.25, -0.2) is 9.97 Å². The van der Waals surface area contributed by atoms with E-state index in [4.69, 9.17) is 21.3 Å². The van der Waals surface area contributed by atoms with Crippen molar-refractivity contribution in [2.24, 2.45) is 0 Å². The van der Waals surface area contributed by atoms with E-state index >= 15 is 0 Å². The lowest BCUT2D eigenvalue weighted by molar-refractivity contribution is -0.122. The number of nitrogens with one attached hydrogen (secondary N) is 3. The highest BCUT2D eigenvalue weighted by Gasteiger charge is 2.26. The third-order valence-corrected chi connectivity index (χ3v) is 8.84. The second-order valence-corrected chi connectivity index (χ2v) is 12.1. The van der Waals surface area contributed by atoms with Crippen molar-refractivity contribution in [3.63, 3.8) is 0 Å². The van der Waals surface area contributed by atoms with Crippen LogP contribution < -0.4 is 26.4 Å². The van der Waals surface area contributed by atoms with Crippen LogP contribution in [-0.4, -0.2) is 107 Å². The van der Waals surface area contributed by atoms with Gasteiger partial charge in [0.05, 0.1) is 37.2 Å². The number of halogens is 1. The Kier molecular flexibility index (Phi) is 11.7. The molecule has 15 heteroatoms. The summed E-state index contributed by atoms with van der Waals surface area (Å²) in [4.78, 5) is 67.4. The lowest BCUT2D eigenvalue weighted by Gasteiger charge is -2.35. The molecule has 2 amide bonds. The summed E-state index contributed by atoms with van der Waals surface area (Å²) in [5, 5.41) is 9.34. The number of aromatic nitrogens is 4. The molecule has 14 nitrogen and oxygen atoms in total. The molecule has 0 bridgehead atoms. The number of carbonyl (C=O) groups is 3. The van der Waals surface area contributed by atoms with E-state index in [0.29, 0.717) is 61.2 Å². The van der Waals surface area contributed by atoms with Gasteiger partial charge in [-0.3, -0.25) is 28.6 Å². The maximum atomic E-state index is 13.5. The summed E-state index contributed by atoms with van der Waals surface area (Å²) >= 11 is 5.42. The number of ether oxygens (including phenoxy) is 1. The number of fused-ring (bicyclic) bond motifs is 1. The van der Waals surface area contributed by atoms with Crippen molar-refractivity contribution in [1.29, 1.82) is 0 Å². The lowest BCUT2D eigenvalue weighted by Crippen LogP contribution is -2.49. The molecule has 1 saturated heterocycles. The number of amides is 2. The third-order valence-electron chi connectivity index (χ3n) is 8.60. The minimum absolute atomic E-state index is 0.00712. The van der Waals surface area contributed by atoms with Crippen LogP contribution in [0.25, 0.3) is 11.0 Å². The predicted molar refractivity (Wildman–Crippen MR) is 180 cm³/mol. The molecule has 3 aromatic rings. The number of nitrogens with zero attached hydrogens (tertiary/aromatic N) is 6. The number of alkyl halides is 1. The van der Waals surface area contributed by atoms with Gasteiger partial charge in [0, 0.05) is 56.9 Å². The van der Waals surface area contributed by atoms with Gasteiger partial charge in [0.25, 0.3) is 5.56 Å². The summed E-state index contributed by atoms with van der Waals surface area (Å²) in [5.74, 6) is 0.275. The zero-order valence-electron chi connectivity index (χ0n) is 26.9. The normalized spacial score (nSPS) is 15.6. The molecule has 1 saturated carbocycles. The van der Waals surface area contributed by atoms with Crippen LogP contribution in [0.3, 0.4) is 0 Å². The molecule has 1 aliphatic carbocycles. The Bertz CT molecular complexity index is 1630. The van der Waals surface area contributed by atoms with Gasteiger partial charge in [0.2, 0.25) is 17.8 Å². The Balaban J connectivity index is 1.12. The quantitative estimate of drug-likeness (QED) is 0.131. The molecular weight excluding hydrogens is 626 g/mol. The van der Waals surface area contributed by atoms with Gasteiger partial charge in [-0.2, -0.15) is 4.98 Å². The van der Waals surface area contributed by atoms with Gasteiger partial charge in [-0.1, -0.05) is 12.8 Å². The smallest absolute Gasteiger partial charge is 0.263 e. The fourth-order valence-corrected chi connectivity index (χ4v) is 6.26. The van der Waals surface area contributed by atoms with Crippen LogP contribution in [-0.2, 0) is 14.3 Å². The van der Waals surface area contributed by atoms with E-state index < -0.39 is 0 Å². The summed E-state index contributed by atoms with van der Waals surface area (Å²) in [6, 6.07) is 3.86. The van der Waals surface area contributed by atoms with Crippen LogP contribution in [0.4, 0.5) is 17.5 Å². The molecule has 3 N–H and O–H groups in total. The molecule has 5 rings (SSSR count). The van der Waals surface area contributed by atoms with Crippen molar-refractivity contribution < 1.29 is 19.1 Å². The van der Waals surface area contributed by atoms with E-state index in [9.17, 15) is 19.2 Å². The van der Waals surface area contributed by atoms with Gasteiger partial charge in [0.1, 0.15) is 17.3 Å². The van der Waals surface area contributed by atoms with Crippen LogP contribution in [0.2, 0.25) is 0 Å². The number of ketones is 1. The van der Waals surface area contributed by atoms with Gasteiger partial charge in [-0.05, 0) is 44.4 Å². The van der Waals surface area contributed by atoms with Crippen LogP contribution in [0, 0.1) is 6.92 Å². The van der Waals surface area contributed by atoms with Gasteiger partial charge < -0.3 is 25.6 Å². The van der Waals surface area contributed by atoms with E-state index in [1.165, 1.54) is 6.92 Å². The second-order valence-electron chi connectivity index (χ2n) is 11.8. The molecule has 2 fully saturated rings. The summed E-state index contributed by atoms with van der Waals surface area (Å²) in [6.45, 7) is 8.02. The topological polar surface area (TPSA) is 164 Å². The van der Waals surface area contributed by atoms with Crippen molar-refractivity contribution in [1.82, 2.24) is 35.1 Å². The Morgan fingerprint density at radius 2 is 1.68 bits per heavy atom. The van der Waals surface area contributed by atoms with E-state index in [0.717, 1.165) is 57.5 Å². The minimum atomic E-state index is -0.282. The number of hydrogen-bond acceptors (Lipinski definition) is 11. The standard InChI is InChI=1S/C32H42ClN9O5/c1-21-25-19-37-32(39-30(25)42(23-5-3-4-6-23)31(46)29(21)22(2)43)38-26-8-7-24(18-36-26)41-13-11-40(12-14-41)20-28(45)35-10-16-47-15-9-34-27(44)17-33/h7-8,18-19,23H,3-6,9-17,20H2,1-2H3,(H,34,44)(H,35,45)(H,36,37,38,39).